The molecule has 0 unspecified atom stereocenters. The van der Waals surface area contributed by atoms with Gasteiger partial charge in [-0.25, -0.2) is 0 Å². The highest BCUT2D eigenvalue weighted by atomic mass is 16.5. The van der Waals surface area contributed by atoms with Gasteiger partial charge >= 0.3 is 0 Å². The Labute approximate surface area is 75.3 Å². The van der Waals surface area contributed by atoms with Crippen molar-refractivity contribution in [1.29, 1.82) is 0 Å². The van der Waals surface area contributed by atoms with Gasteiger partial charge in [0.15, 0.2) is 0 Å². The first-order chi connectivity index (χ1) is 5.81. The zero-order chi connectivity index (χ0) is 9.23. The second-order valence-corrected chi connectivity index (χ2v) is 3.29. The summed E-state index contributed by atoms with van der Waals surface area (Å²) >= 11 is 0. The molecule has 0 spiro atoms. The molecular weight excluding hydrogens is 152 g/mol. The maximum Gasteiger partial charge on any atom is 0.120 e. The zero-order valence-corrected chi connectivity index (χ0v) is 8.21. The van der Waals surface area contributed by atoms with Crippen LogP contribution in [0.2, 0.25) is 0 Å². The summed E-state index contributed by atoms with van der Waals surface area (Å²) in [6.45, 7) is 5.78. The molecule has 0 heterocycles. The minimum absolute atomic E-state index is 0.379. The summed E-state index contributed by atoms with van der Waals surface area (Å²) in [7, 11) is 0. The van der Waals surface area contributed by atoms with E-state index in [1.54, 1.807) is 0 Å². The molecule has 0 aromatic carbocycles. The van der Waals surface area contributed by atoms with E-state index in [1.807, 2.05) is 6.92 Å². The molecular formula is C10H20O2. The van der Waals surface area contributed by atoms with Crippen LogP contribution >= 0.6 is 0 Å². The van der Waals surface area contributed by atoms with E-state index in [1.165, 1.54) is 12.8 Å². The average Bonchev–Trinajstić information content (AvgIpc) is 2.05. The quantitative estimate of drug-likeness (QED) is 0.415. The molecule has 0 aliphatic carbocycles. The van der Waals surface area contributed by atoms with Crippen molar-refractivity contribution in [1.82, 2.24) is 0 Å². The number of aldehydes is 1. The molecule has 2 heteroatoms. The standard InChI is InChI=1S/C10H20O2/c1-3-4-5-8-12-9-10(2)6-7-11/h7,10H,3-6,8-9H2,1-2H3/t10-/m0/s1. The Morgan fingerprint density at radius 1 is 1.42 bits per heavy atom. The molecule has 0 N–H and O–H groups in total. The fraction of sp³-hybridized carbons (Fsp3) is 0.900. The molecule has 0 aliphatic rings. The van der Waals surface area contributed by atoms with Crippen molar-refractivity contribution >= 4 is 6.29 Å². The van der Waals surface area contributed by atoms with Gasteiger partial charge in [0.25, 0.3) is 0 Å². The van der Waals surface area contributed by atoms with Gasteiger partial charge in [-0.05, 0) is 12.3 Å². The number of unbranched alkanes of at least 4 members (excludes halogenated alkanes) is 2. The lowest BCUT2D eigenvalue weighted by Gasteiger charge is -2.07. The Kier molecular flexibility index (Phi) is 8.46. The minimum atomic E-state index is 0.379. The molecule has 0 rings (SSSR count). The molecule has 0 radical (unpaired) electrons. The number of hydrogen-bond acceptors (Lipinski definition) is 2. The van der Waals surface area contributed by atoms with Gasteiger partial charge in [-0.2, -0.15) is 0 Å². The van der Waals surface area contributed by atoms with Crippen LogP contribution in [-0.4, -0.2) is 19.5 Å². The molecule has 0 saturated heterocycles. The fourth-order valence-corrected chi connectivity index (χ4v) is 0.971. The van der Waals surface area contributed by atoms with E-state index >= 15 is 0 Å². The van der Waals surface area contributed by atoms with Crippen LogP contribution in [0, 0.1) is 5.92 Å². The maximum atomic E-state index is 10.1. The van der Waals surface area contributed by atoms with Gasteiger partial charge in [-0.15, -0.1) is 0 Å². The third-order valence-electron chi connectivity index (χ3n) is 1.79. The number of carbonyl (C=O) groups excluding carboxylic acids is 1. The summed E-state index contributed by atoms with van der Waals surface area (Å²) in [5.41, 5.74) is 0. The summed E-state index contributed by atoms with van der Waals surface area (Å²) in [6.07, 6.45) is 5.19. The molecule has 0 aromatic rings. The van der Waals surface area contributed by atoms with Gasteiger partial charge in [0.1, 0.15) is 6.29 Å². The Bertz CT molecular complexity index is 102. The van der Waals surface area contributed by atoms with E-state index in [4.69, 9.17) is 4.74 Å². The van der Waals surface area contributed by atoms with Crippen molar-refractivity contribution in [2.45, 2.75) is 39.5 Å². The Morgan fingerprint density at radius 2 is 2.17 bits per heavy atom. The smallest absolute Gasteiger partial charge is 0.120 e. The predicted octanol–water partition coefficient (Wildman–Crippen LogP) is 2.42. The lowest BCUT2D eigenvalue weighted by Crippen LogP contribution is -2.07. The average molecular weight is 172 g/mol. The molecule has 0 amide bonds. The second-order valence-electron chi connectivity index (χ2n) is 3.29. The number of hydrogen-bond donors (Lipinski definition) is 0. The van der Waals surface area contributed by atoms with Crippen LogP contribution < -0.4 is 0 Å². The topological polar surface area (TPSA) is 26.3 Å². The van der Waals surface area contributed by atoms with Crippen LogP contribution in [0.1, 0.15) is 39.5 Å². The van der Waals surface area contributed by atoms with Gasteiger partial charge in [0.2, 0.25) is 0 Å². The molecule has 0 aromatic heterocycles. The first-order valence-corrected chi connectivity index (χ1v) is 4.82. The highest BCUT2D eigenvalue weighted by Gasteiger charge is 1.99. The fourth-order valence-electron chi connectivity index (χ4n) is 0.971. The summed E-state index contributed by atoms with van der Waals surface area (Å²) in [5, 5.41) is 0. The van der Waals surface area contributed by atoms with Crippen LogP contribution in [0.25, 0.3) is 0 Å². The molecule has 2 nitrogen and oxygen atoms in total. The van der Waals surface area contributed by atoms with Gasteiger partial charge < -0.3 is 9.53 Å². The zero-order valence-electron chi connectivity index (χ0n) is 8.21. The van der Waals surface area contributed by atoms with Gasteiger partial charge in [0.05, 0.1) is 0 Å². The van der Waals surface area contributed by atoms with E-state index in [2.05, 4.69) is 6.92 Å². The van der Waals surface area contributed by atoms with E-state index in [0.29, 0.717) is 12.3 Å². The monoisotopic (exact) mass is 172 g/mol. The molecule has 12 heavy (non-hydrogen) atoms. The third kappa shape index (κ3) is 7.73. The molecule has 0 fully saturated rings. The number of ether oxygens (including phenoxy) is 1. The third-order valence-corrected chi connectivity index (χ3v) is 1.79. The molecule has 0 aliphatic heterocycles. The van der Waals surface area contributed by atoms with Crippen molar-refractivity contribution in [3.05, 3.63) is 0 Å². The lowest BCUT2D eigenvalue weighted by molar-refractivity contribution is -0.108. The largest absolute Gasteiger partial charge is 0.381 e. The number of carbonyl (C=O) groups is 1. The highest BCUT2D eigenvalue weighted by Crippen LogP contribution is 2.01. The van der Waals surface area contributed by atoms with Gasteiger partial charge in [-0.1, -0.05) is 26.7 Å². The van der Waals surface area contributed by atoms with Gasteiger partial charge in [-0.3, -0.25) is 0 Å². The first kappa shape index (κ1) is 11.6. The van der Waals surface area contributed by atoms with Crippen LogP contribution in [0.4, 0.5) is 0 Å². The SMILES string of the molecule is CCCCCOC[C@@H](C)CC=O. The summed E-state index contributed by atoms with van der Waals surface area (Å²) in [4.78, 5) is 10.1. The van der Waals surface area contributed by atoms with Crippen molar-refractivity contribution in [2.24, 2.45) is 5.92 Å². The second kappa shape index (κ2) is 8.72. The predicted molar refractivity (Wildman–Crippen MR) is 50.2 cm³/mol. The van der Waals surface area contributed by atoms with Crippen LogP contribution in [-0.2, 0) is 9.53 Å². The molecule has 0 saturated carbocycles. The van der Waals surface area contributed by atoms with E-state index in [9.17, 15) is 4.79 Å². The van der Waals surface area contributed by atoms with Crippen molar-refractivity contribution in [3.8, 4) is 0 Å². The van der Waals surface area contributed by atoms with Crippen molar-refractivity contribution < 1.29 is 9.53 Å². The van der Waals surface area contributed by atoms with Crippen molar-refractivity contribution in [3.63, 3.8) is 0 Å². The Balaban J connectivity index is 3.02. The normalized spacial score (nSPS) is 12.8. The van der Waals surface area contributed by atoms with E-state index in [-0.39, 0.29) is 0 Å². The minimum Gasteiger partial charge on any atom is -0.381 e. The molecule has 72 valence electrons. The number of rotatable bonds is 8. The molecule has 1 atom stereocenters. The summed E-state index contributed by atoms with van der Waals surface area (Å²) < 4.78 is 5.39. The summed E-state index contributed by atoms with van der Waals surface area (Å²) in [5.74, 6) is 0.379. The van der Waals surface area contributed by atoms with E-state index in [0.717, 1.165) is 25.9 Å². The highest BCUT2D eigenvalue weighted by molar-refractivity contribution is 5.49. The van der Waals surface area contributed by atoms with Crippen molar-refractivity contribution in [2.75, 3.05) is 13.2 Å². The maximum absolute atomic E-state index is 10.1. The Morgan fingerprint density at radius 3 is 2.75 bits per heavy atom. The van der Waals surface area contributed by atoms with Crippen LogP contribution in [0.5, 0.6) is 0 Å². The Hall–Kier alpha value is -0.370. The summed E-state index contributed by atoms with van der Waals surface area (Å²) in [6, 6.07) is 0. The van der Waals surface area contributed by atoms with Gasteiger partial charge in [0, 0.05) is 19.6 Å². The molecule has 0 bridgehead atoms. The lowest BCUT2D eigenvalue weighted by atomic mass is 10.1. The first-order valence-electron chi connectivity index (χ1n) is 4.82. The van der Waals surface area contributed by atoms with Crippen LogP contribution in [0.15, 0.2) is 0 Å². The van der Waals surface area contributed by atoms with E-state index < -0.39 is 0 Å². The van der Waals surface area contributed by atoms with Crippen LogP contribution in [0.3, 0.4) is 0 Å².